The molecule has 1 heterocycles. The zero-order chi connectivity index (χ0) is 16.1. The van der Waals surface area contributed by atoms with Gasteiger partial charge in [-0.3, -0.25) is 9.80 Å². The van der Waals surface area contributed by atoms with Crippen LogP contribution in [0.5, 0.6) is 11.5 Å². The first-order chi connectivity index (χ1) is 11.2. The number of rotatable bonds is 4. The molecule has 1 aliphatic rings. The third kappa shape index (κ3) is 4.24. The summed E-state index contributed by atoms with van der Waals surface area (Å²) in [5, 5.41) is 19.8. The van der Waals surface area contributed by atoms with Gasteiger partial charge >= 0.3 is 0 Å². The van der Waals surface area contributed by atoms with E-state index in [1.165, 1.54) is 0 Å². The van der Waals surface area contributed by atoms with E-state index < -0.39 is 0 Å². The Morgan fingerprint density at radius 2 is 1.09 bits per heavy atom. The zero-order valence-corrected chi connectivity index (χ0v) is 13.4. The molecule has 0 atom stereocenters. The van der Waals surface area contributed by atoms with Crippen LogP contribution in [-0.2, 0) is 13.1 Å². The average Bonchev–Trinajstić information content (AvgIpc) is 2.77. The Bertz CT molecular complexity index is 589. The van der Waals surface area contributed by atoms with Crippen molar-refractivity contribution in [3.8, 4) is 11.5 Å². The Morgan fingerprint density at radius 3 is 1.52 bits per heavy atom. The fraction of sp³-hybridized carbons (Fsp3) is 0.368. The van der Waals surface area contributed by atoms with Crippen LogP contribution < -0.4 is 0 Å². The highest BCUT2D eigenvalue weighted by molar-refractivity contribution is 5.32. The molecule has 0 bridgehead atoms. The third-order valence-electron chi connectivity index (χ3n) is 4.45. The number of phenols is 2. The molecule has 0 radical (unpaired) electrons. The SMILES string of the molecule is Oc1ccccc1CN1CCCN(Cc2ccccc2O)CC1. The molecule has 4 nitrogen and oxygen atoms in total. The summed E-state index contributed by atoms with van der Waals surface area (Å²) in [6, 6.07) is 15.1. The quantitative estimate of drug-likeness (QED) is 0.911. The fourth-order valence-corrected chi connectivity index (χ4v) is 3.11. The van der Waals surface area contributed by atoms with Crippen molar-refractivity contribution in [1.82, 2.24) is 9.80 Å². The lowest BCUT2D eigenvalue weighted by Gasteiger charge is -2.22. The molecule has 0 amide bonds. The van der Waals surface area contributed by atoms with Crippen LogP contribution in [0.1, 0.15) is 17.5 Å². The molecule has 0 aliphatic carbocycles. The average molecular weight is 312 g/mol. The van der Waals surface area contributed by atoms with Crippen LogP contribution in [-0.4, -0.2) is 46.2 Å². The van der Waals surface area contributed by atoms with Crippen molar-refractivity contribution in [3.63, 3.8) is 0 Å². The molecule has 1 fully saturated rings. The lowest BCUT2D eigenvalue weighted by molar-refractivity contribution is 0.243. The predicted octanol–water partition coefficient (Wildman–Crippen LogP) is 2.81. The van der Waals surface area contributed by atoms with Crippen LogP contribution in [0.2, 0.25) is 0 Å². The van der Waals surface area contributed by atoms with Crippen LogP contribution in [0, 0.1) is 0 Å². The Hall–Kier alpha value is -2.04. The zero-order valence-electron chi connectivity index (χ0n) is 13.4. The van der Waals surface area contributed by atoms with Crippen LogP contribution in [0.15, 0.2) is 48.5 Å². The maximum atomic E-state index is 9.92. The maximum Gasteiger partial charge on any atom is 0.120 e. The minimum Gasteiger partial charge on any atom is -0.508 e. The van der Waals surface area contributed by atoms with Crippen molar-refractivity contribution in [2.75, 3.05) is 26.2 Å². The molecular weight excluding hydrogens is 288 g/mol. The van der Waals surface area contributed by atoms with Gasteiger partial charge in [-0.05, 0) is 31.6 Å². The van der Waals surface area contributed by atoms with Gasteiger partial charge in [0.15, 0.2) is 0 Å². The first-order valence-electron chi connectivity index (χ1n) is 8.21. The van der Waals surface area contributed by atoms with Crippen molar-refractivity contribution < 1.29 is 10.2 Å². The molecule has 0 unspecified atom stereocenters. The van der Waals surface area contributed by atoms with Crippen LogP contribution in [0.4, 0.5) is 0 Å². The van der Waals surface area contributed by atoms with Gasteiger partial charge in [0.1, 0.15) is 11.5 Å². The smallest absolute Gasteiger partial charge is 0.120 e. The van der Waals surface area contributed by atoms with Crippen LogP contribution in [0.3, 0.4) is 0 Å². The molecule has 0 aromatic heterocycles. The van der Waals surface area contributed by atoms with Gasteiger partial charge < -0.3 is 10.2 Å². The summed E-state index contributed by atoms with van der Waals surface area (Å²) in [6.45, 7) is 5.59. The molecule has 2 aromatic rings. The highest BCUT2D eigenvalue weighted by atomic mass is 16.3. The van der Waals surface area contributed by atoms with E-state index in [9.17, 15) is 10.2 Å². The highest BCUT2D eigenvalue weighted by Crippen LogP contribution is 2.21. The lowest BCUT2D eigenvalue weighted by atomic mass is 10.2. The number of phenolic OH excluding ortho intramolecular Hbond substituents is 2. The van der Waals surface area contributed by atoms with Gasteiger partial charge in [-0.2, -0.15) is 0 Å². The minimum absolute atomic E-state index is 0.378. The summed E-state index contributed by atoms with van der Waals surface area (Å²) in [5.41, 5.74) is 1.98. The second-order valence-electron chi connectivity index (χ2n) is 6.16. The summed E-state index contributed by atoms with van der Waals surface area (Å²) < 4.78 is 0. The van der Waals surface area contributed by atoms with E-state index in [4.69, 9.17) is 0 Å². The second kappa shape index (κ2) is 7.49. The first kappa shape index (κ1) is 15.8. The minimum atomic E-state index is 0.378. The molecular formula is C19H24N2O2. The first-order valence-corrected chi connectivity index (χ1v) is 8.21. The van der Waals surface area contributed by atoms with Gasteiger partial charge in [0.2, 0.25) is 0 Å². The Morgan fingerprint density at radius 1 is 0.652 bits per heavy atom. The Balaban J connectivity index is 1.57. The number of benzene rings is 2. The van der Waals surface area contributed by atoms with E-state index in [1.807, 2.05) is 36.4 Å². The number of para-hydroxylation sites is 2. The number of aromatic hydroxyl groups is 2. The standard InChI is InChI=1S/C19H24N2O2/c22-18-8-3-1-6-16(18)14-20-10-5-11-21(13-12-20)15-17-7-2-4-9-19(17)23/h1-4,6-9,22-23H,5,10-15H2. The van der Waals surface area contributed by atoms with Gasteiger partial charge in [-0.1, -0.05) is 36.4 Å². The summed E-state index contributed by atoms with van der Waals surface area (Å²) in [6.07, 6.45) is 1.10. The summed E-state index contributed by atoms with van der Waals surface area (Å²) in [5.74, 6) is 0.755. The van der Waals surface area contributed by atoms with E-state index in [0.29, 0.717) is 11.5 Å². The number of hydrogen-bond acceptors (Lipinski definition) is 4. The fourth-order valence-electron chi connectivity index (χ4n) is 3.11. The monoisotopic (exact) mass is 312 g/mol. The van der Waals surface area contributed by atoms with E-state index >= 15 is 0 Å². The van der Waals surface area contributed by atoms with Crippen molar-refractivity contribution in [2.45, 2.75) is 19.5 Å². The largest absolute Gasteiger partial charge is 0.508 e. The topological polar surface area (TPSA) is 46.9 Å². The van der Waals surface area contributed by atoms with Gasteiger partial charge in [0.05, 0.1) is 0 Å². The highest BCUT2D eigenvalue weighted by Gasteiger charge is 2.16. The molecule has 1 saturated heterocycles. The molecule has 122 valence electrons. The second-order valence-corrected chi connectivity index (χ2v) is 6.16. The maximum absolute atomic E-state index is 9.92. The van der Waals surface area contributed by atoms with Crippen molar-refractivity contribution in [1.29, 1.82) is 0 Å². The van der Waals surface area contributed by atoms with Gasteiger partial charge in [-0.15, -0.1) is 0 Å². The van der Waals surface area contributed by atoms with Crippen molar-refractivity contribution >= 4 is 0 Å². The summed E-state index contributed by atoms with van der Waals surface area (Å²) in [4.78, 5) is 4.78. The third-order valence-corrected chi connectivity index (χ3v) is 4.45. The Labute approximate surface area is 137 Å². The predicted molar refractivity (Wildman–Crippen MR) is 91.4 cm³/mol. The van der Waals surface area contributed by atoms with Crippen molar-refractivity contribution in [3.05, 3.63) is 59.7 Å². The van der Waals surface area contributed by atoms with Gasteiger partial charge in [0, 0.05) is 37.3 Å². The van der Waals surface area contributed by atoms with Gasteiger partial charge in [-0.25, -0.2) is 0 Å². The van der Waals surface area contributed by atoms with Crippen LogP contribution in [0.25, 0.3) is 0 Å². The molecule has 1 aliphatic heterocycles. The van der Waals surface area contributed by atoms with E-state index in [1.54, 1.807) is 12.1 Å². The van der Waals surface area contributed by atoms with Crippen LogP contribution >= 0.6 is 0 Å². The molecule has 23 heavy (non-hydrogen) atoms. The molecule has 4 heteroatoms. The molecule has 0 saturated carbocycles. The van der Waals surface area contributed by atoms with Gasteiger partial charge in [0.25, 0.3) is 0 Å². The molecule has 3 rings (SSSR count). The molecule has 0 spiro atoms. The Kier molecular flexibility index (Phi) is 5.16. The van der Waals surface area contributed by atoms with E-state index in [0.717, 1.165) is 56.8 Å². The summed E-state index contributed by atoms with van der Waals surface area (Å²) >= 11 is 0. The lowest BCUT2D eigenvalue weighted by Crippen LogP contribution is -2.30. The van der Waals surface area contributed by atoms with E-state index in [2.05, 4.69) is 9.80 Å². The van der Waals surface area contributed by atoms with Crippen molar-refractivity contribution in [2.24, 2.45) is 0 Å². The number of hydrogen-bond donors (Lipinski definition) is 2. The summed E-state index contributed by atoms with van der Waals surface area (Å²) in [7, 11) is 0. The normalized spacial score (nSPS) is 17.0. The molecule has 2 aromatic carbocycles. The van der Waals surface area contributed by atoms with E-state index in [-0.39, 0.29) is 0 Å². The molecule has 2 N–H and O–H groups in total. The number of nitrogens with zero attached hydrogens (tertiary/aromatic N) is 2.